The molecule has 0 heterocycles. The molecule has 0 unspecified atom stereocenters. The molecule has 120 valence electrons. The first-order valence-electron chi connectivity index (χ1n) is 8.85. The average molecular weight is 311 g/mol. The van der Waals surface area contributed by atoms with Crippen LogP contribution in [0.2, 0.25) is 0 Å². The predicted octanol–water partition coefficient (Wildman–Crippen LogP) is 1.20. The van der Waals surface area contributed by atoms with Gasteiger partial charge in [-0.3, -0.25) is 0 Å². The third kappa shape index (κ3) is 3.89. The fourth-order valence-corrected chi connectivity index (χ4v) is 5.65. The number of rotatable bonds is 6. The van der Waals surface area contributed by atoms with Gasteiger partial charge >= 0.3 is 0 Å². The topological polar surface area (TPSA) is 28.5 Å². The van der Waals surface area contributed by atoms with Crippen LogP contribution >= 0.6 is 12.2 Å². The fourth-order valence-electron chi connectivity index (χ4n) is 5.48. The van der Waals surface area contributed by atoms with E-state index in [4.69, 9.17) is 12.2 Å². The van der Waals surface area contributed by atoms with E-state index < -0.39 is 0 Å². The molecule has 3 nitrogen and oxygen atoms in total. The Hall–Kier alpha value is -0.350. The van der Waals surface area contributed by atoms with Gasteiger partial charge in [0, 0.05) is 19.5 Å². The van der Waals surface area contributed by atoms with Gasteiger partial charge in [-0.2, -0.15) is 0 Å². The molecule has 4 bridgehead atoms. The van der Waals surface area contributed by atoms with Crippen molar-refractivity contribution >= 4 is 17.3 Å². The van der Waals surface area contributed by atoms with Gasteiger partial charge in [-0.15, -0.1) is 0 Å². The molecule has 0 saturated heterocycles. The van der Waals surface area contributed by atoms with E-state index in [1.807, 2.05) is 0 Å². The summed E-state index contributed by atoms with van der Waals surface area (Å²) in [5, 5.41) is 7.79. The number of hydrogen-bond donors (Lipinski definition) is 3. The standard InChI is InChI=1S/C17H31N3S/c1-20(2)5-3-4-18-16(21)19-12-17-9-13-6-14(10-17)8-15(7-13)11-17/h13-15H,3-12H2,1-2H3,(H2,18,19,21)/p+1. The summed E-state index contributed by atoms with van der Waals surface area (Å²) in [6, 6.07) is 0. The van der Waals surface area contributed by atoms with Crippen LogP contribution in [0.1, 0.15) is 44.9 Å². The zero-order valence-corrected chi connectivity index (χ0v) is 14.5. The maximum atomic E-state index is 5.46. The minimum absolute atomic E-state index is 0.578. The molecular formula is C17H32N3S+. The quantitative estimate of drug-likeness (QED) is 0.509. The predicted molar refractivity (Wildman–Crippen MR) is 91.5 cm³/mol. The first-order chi connectivity index (χ1) is 10.0. The summed E-state index contributed by atoms with van der Waals surface area (Å²) in [5.41, 5.74) is 0.578. The van der Waals surface area contributed by atoms with Crippen LogP contribution in [0, 0.1) is 23.2 Å². The molecular weight excluding hydrogens is 278 g/mol. The second kappa shape index (κ2) is 6.41. The molecule has 4 aliphatic carbocycles. The van der Waals surface area contributed by atoms with E-state index in [2.05, 4.69) is 24.7 Å². The number of quaternary nitrogens is 1. The molecule has 0 aromatic rings. The van der Waals surface area contributed by atoms with Gasteiger partial charge in [-0.25, -0.2) is 0 Å². The average Bonchev–Trinajstić information content (AvgIpc) is 2.40. The fraction of sp³-hybridized carbons (Fsp3) is 0.941. The lowest BCUT2D eigenvalue weighted by molar-refractivity contribution is -0.858. The first-order valence-corrected chi connectivity index (χ1v) is 9.26. The van der Waals surface area contributed by atoms with E-state index in [9.17, 15) is 0 Å². The van der Waals surface area contributed by atoms with Crippen molar-refractivity contribution in [3.63, 3.8) is 0 Å². The number of hydrogen-bond acceptors (Lipinski definition) is 1. The van der Waals surface area contributed by atoms with E-state index in [0.717, 1.165) is 36.0 Å². The molecule has 4 heteroatoms. The summed E-state index contributed by atoms with van der Waals surface area (Å²) in [7, 11) is 4.40. The summed E-state index contributed by atoms with van der Waals surface area (Å²) in [6.07, 6.45) is 10.1. The van der Waals surface area contributed by atoms with Crippen LogP contribution < -0.4 is 15.5 Å². The van der Waals surface area contributed by atoms with Gasteiger partial charge < -0.3 is 15.5 Å². The Morgan fingerprint density at radius 2 is 1.62 bits per heavy atom. The van der Waals surface area contributed by atoms with Crippen molar-refractivity contribution in [3.05, 3.63) is 0 Å². The molecule has 4 rings (SSSR count). The Labute approximate surface area is 135 Å². The molecule has 4 saturated carbocycles. The van der Waals surface area contributed by atoms with Crippen molar-refractivity contribution in [1.29, 1.82) is 0 Å². The minimum atomic E-state index is 0.578. The smallest absolute Gasteiger partial charge is 0.166 e. The summed E-state index contributed by atoms with van der Waals surface area (Å²) in [6.45, 7) is 3.31. The monoisotopic (exact) mass is 310 g/mol. The van der Waals surface area contributed by atoms with Gasteiger partial charge in [0.05, 0.1) is 20.6 Å². The summed E-state index contributed by atoms with van der Waals surface area (Å²) >= 11 is 5.46. The van der Waals surface area contributed by atoms with Crippen LogP contribution in [-0.2, 0) is 0 Å². The highest BCUT2D eigenvalue weighted by atomic mass is 32.1. The molecule has 0 aromatic carbocycles. The van der Waals surface area contributed by atoms with E-state index in [-0.39, 0.29) is 0 Å². The van der Waals surface area contributed by atoms with Gasteiger partial charge in [-0.05, 0) is 73.9 Å². The second-order valence-electron chi connectivity index (χ2n) is 8.34. The Balaban J connectivity index is 1.40. The largest absolute Gasteiger partial charge is 0.363 e. The summed E-state index contributed by atoms with van der Waals surface area (Å²) < 4.78 is 0. The van der Waals surface area contributed by atoms with Gasteiger partial charge in [0.15, 0.2) is 5.11 Å². The molecule has 21 heavy (non-hydrogen) atoms. The third-order valence-corrected chi connectivity index (χ3v) is 6.22. The van der Waals surface area contributed by atoms with Gasteiger partial charge in [-0.1, -0.05) is 0 Å². The van der Waals surface area contributed by atoms with E-state index >= 15 is 0 Å². The third-order valence-electron chi connectivity index (χ3n) is 5.93. The maximum Gasteiger partial charge on any atom is 0.166 e. The number of thiocarbonyl (C=S) groups is 1. The molecule has 3 N–H and O–H groups in total. The zero-order valence-electron chi connectivity index (χ0n) is 13.7. The van der Waals surface area contributed by atoms with Gasteiger partial charge in [0.2, 0.25) is 0 Å². The van der Waals surface area contributed by atoms with Crippen LogP contribution in [0.15, 0.2) is 0 Å². The maximum absolute atomic E-state index is 5.46. The molecule has 0 amide bonds. The molecule has 0 spiro atoms. The molecule has 0 atom stereocenters. The first kappa shape index (κ1) is 15.5. The van der Waals surface area contributed by atoms with E-state index in [0.29, 0.717) is 5.41 Å². The normalized spacial score (nSPS) is 37.0. The molecule has 4 fully saturated rings. The molecule has 0 aliphatic heterocycles. The van der Waals surface area contributed by atoms with Crippen LogP contribution in [0.3, 0.4) is 0 Å². The van der Waals surface area contributed by atoms with Crippen molar-refractivity contribution in [2.75, 3.05) is 33.7 Å². The Morgan fingerprint density at radius 3 is 2.14 bits per heavy atom. The van der Waals surface area contributed by atoms with E-state index in [1.165, 1.54) is 56.4 Å². The lowest BCUT2D eigenvalue weighted by atomic mass is 9.49. The lowest BCUT2D eigenvalue weighted by Crippen LogP contribution is -3.05. The van der Waals surface area contributed by atoms with Crippen molar-refractivity contribution in [1.82, 2.24) is 10.6 Å². The highest BCUT2D eigenvalue weighted by molar-refractivity contribution is 7.80. The van der Waals surface area contributed by atoms with Crippen LogP contribution in [0.5, 0.6) is 0 Å². The van der Waals surface area contributed by atoms with Crippen molar-refractivity contribution in [3.8, 4) is 0 Å². The summed E-state index contributed by atoms with van der Waals surface area (Å²) in [5.74, 6) is 3.09. The van der Waals surface area contributed by atoms with Crippen molar-refractivity contribution in [2.45, 2.75) is 44.9 Å². The Kier molecular flexibility index (Phi) is 4.75. The second-order valence-corrected chi connectivity index (χ2v) is 8.75. The van der Waals surface area contributed by atoms with Crippen LogP contribution in [0.4, 0.5) is 0 Å². The van der Waals surface area contributed by atoms with Crippen LogP contribution in [0.25, 0.3) is 0 Å². The number of nitrogens with one attached hydrogen (secondary N) is 3. The zero-order chi connectivity index (χ0) is 14.9. The molecule has 0 aromatic heterocycles. The lowest BCUT2D eigenvalue weighted by Gasteiger charge is -2.57. The Morgan fingerprint density at radius 1 is 1.05 bits per heavy atom. The summed E-state index contributed by atoms with van der Waals surface area (Å²) in [4.78, 5) is 1.50. The van der Waals surface area contributed by atoms with Crippen molar-refractivity contribution in [2.24, 2.45) is 23.2 Å². The van der Waals surface area contributed by atoms with Crippen LogP contribution in [-0.4, -0.2) is 38.8 Å². The highest BCUT2D eigenvalue weighted by Crippen LogP contribution is 2.59. The van der Waals surface area contributed by atoms with Gasteiger partial charge in [0.1, 0.15) is 0 Å². The Bertz CT molecular complexity index is 345. The SMILES string of the molecule is C[NH+](C)CCCNC(=S)NCC12CC3CC(CC(C3)C1)C2. The minimum Gasteiger partial charge on any atom is -0.363 e. The molecule has 0 radical (unpaired) electrons. The van der Waals surface area contributed by atoms with Gasteiger partial charge in [0.25, 0.3) is 0 Å². The van der Waals surface area contributed by atoms with Crippen molar-refractivity contribution < 1.29 is 4.90 Å². The molecule has 4 aliphatic rings. The highest BCUT2D eigenvalue weighted by Gasteiger charge is 2.50. The van der Waals surface area contributed by atoms with E-state index in [1.54, 1.807) is 0 Å².